The molecule has 0 fully saturated rings. The van der Waals surface area contributed by atoms with Gasteiger partial charge in [0, 0.05) is 38.2 Å². The Morgan fingerprint density at radius 2 is 2.24 bits per heavy atom. The van der Waals surface area contributed by atoms with Crippen molar-refractivity contribution >= 4 is 29.9 Å². The molecule has 1 aliphatic rings. The minimum atomic E-state index is 0. The normalized spacial score (nSPS) is 13.9. The largest absolute Gasteiger partial charge is 0.356 e. The number of aryl methyl sites for hydroxylation is 1. The fourth-order valence-corrected chi connectivity index (χ4v) is 2.12. The highest BCUT2D eigenvalue weighted by Gasteiger charge is 2.04. The van der Waals surface area contributed by atoms with E-state index in [9.17, 15) is 0 Å². The molecular formula is C14H19IN6. The molecule has 2 aromatic heterocycles. The Balaban J connectivity index is 0.00000161. The van der Waals surface area contributed by atoms with Crippen LogP contribution in [0.2, 0.25) is 0 Å². The number of aromatic nitrogens is 3. The predicted molar refractivity (Wildman–Crippen MR) is 93.3 cm³/mol. The summed E-state index contributed by atoms with van der Waals surface area (Å²) in [7, 11) is 0. The van der Waals surface area contributed by atoms with Crippen molar-refractivity contribution in [1.29, 1.82) is 0 Å². The second-order valence-electron chi connectivity index (χ2n) is 4.73. The summed E-state index contributed by atoms with van der Waals surface area (Å²) in [6.45, 7) is 4.57. The molecule has 0 radical (unpaired) electrons. The second kappa shape index (κ2) is 7.39. The van der Waals surface area contributed by atoms with Crippen LogP contribution in [0.15, 0.2) is 35.7 Å². The smallest absolute Gasteiger partial charge is 0.191 e. The van der Waals surface area contributed by atoms with Gasteiger partial charge < -0.3 is 10.6 Å². The molecule has 1 aliphatic heterocycles. The van der Waals surface area contributed by atoms with E-state index in [0.717, 1.165) is 49.2 Å². The number of nitrogens with one attached hydrogen (secondary N) is 2. The van der Waals surface area contributed by atoms with Gasteiger partial charge in [0.2, 0.25) is 0 Å². The zero-order chi connectivity index (χ0) is 13.8. The van der Waals surface area contributed by atoms with E-state index < -0.39 is 0 Å². The summed E-state index contributed by atoms with van der Waals surface area (Å²) in [5.74, 6) is 2.70. The molecule has 21 heavy (non-hydrogen) atoms. The molecule has 0 aliphatic carbocycles. The lowest BCUT2D eigenvalue weighted by molar-refractivity contribution is 0.701. The van der Waals surface area contributed by atoms with Crippen molar-refractivity contribution in [2.24, 2.45) is 4.99 Å². The Hall–Kier alpha value is -1.64. The molecule has 3 rings (SSSR count). The van der Waals surface area contributed by atoms with E-state index in [1.165, 1.54) is 0 Å². The molecule has 0 saturated carbocycles. The monoisotopic (exact) mass is 398 g/mol. The summed E-state index contributed by atoms with van der Waals surface area (Å²) in [6.07, 6.45) is 6.67. The molecule has 6 nitrogen and oxygen atoms in total. The van der Waals surface area contributed by atoms with Gasteiger partial charge in [-0.3, -0.25) is 9.56 Å². The van der Waals surface area contributed by atoms with Crippen LogP contribution < -0.4 is 10.6 Å². The van der Waals surface area contributed by atoms with Crippen molar-refractivity contribution in [3.05, 3.63) is 42.1 Å². The van der Waals surface area contributed by atoms with Gasteiger partial charge in [0.25, 0.3) is 0 Å². The summed E-state index contributed by atoms with van der Waals surface area (Å²) in [6, 6.07) is 4.07. The second-order valence-corrected chi connectivity index (χ2v) is 4.73. The molecular weight excluding hydrogens is 379 g/mol. The van der Waals surface area contributed by atoms with E-state index in [1.807, 2.05) is 30.0 Å². The van der Waals surface area contributed by atoms with E-state index in [4.69, 9.17) is 0 Å². The fraction of sp³-hybridized carbons (Fsp3) is 0.357. The van der Waals surface area contributed by atoms with Crippen molar-refractivity contribution < 1.29 is 0 Å². The number of halogens is 1. The first-order valence-electron chi connectivity index (χ1n) is 6.80. The molecule has 0 aromatic carbocycles. The van der Waals surface area contributed by atoms with E-state index in [-0.39, 0.29) is 24.0 Å². The lowest BCUT2D eigenvalue weighted by Crippen LogP contribution is -2.40. The van der Waals surface area contributed by atoms with E-state index in [1.54, 1.807) is 6.20 Å². The summed E-state index contributed by atoms with van der Waals surface area (Å²) in [5, 5.41) is 6.52. The predicted octanol–water partition coefficient (Wildman–Crippen LogP) is 1.63. The van der Waals surface area contributed by atoms with Gasteiger partial charge in [-0.05, 0) is 25.0 Å². The summed E-state index contributed by atoms with van der Waals surface area (Å²) >= 11 is 0. The third kappa shape index (κ3) is 3.93. The number of hydrogen-bond donors (Lipinski definition) is 2. The number of rotatable bonds is 3. The van der Waals surface area contributed by atoms with Crippen LogP contribution in [-0.4, -0.2) is 33.6 Å². The average molecular weight is 398 g/mol. The Morgan fingerprint density at radius 3 is 2.86 bits per heavy atom. The van der Waals surface area contributed by atoms with Crippen LogP contribution in [-0.2, 0) is 6.54 Å². The van der Waals surface area contributed by atoms with Crippen LogP contribution >= 0.6 is 24.0 Å². The molecule has 0 bridgehead atoms. The lowest BCUT2D eigenvalue weighted by atomic mass is 10.3. The maximum atomic E-state index is 4.47. The number of hydrogen-bond acceptors (Lipinski definition) is 5. The molecule has 2 N–H and O–H groups in total. The Bertz CT molecular complexity index is 604. The van der Waals surface area contributed by atoms with Crippen molar-refractivity contribution in [3.63, 3.8) is 0 Å². The van der Waals surface area contributed by atoms with Gasteiger partial charge in [0.15, 0.2) is 5.96 Å². The molecule has 7 heteroatoms. The molecule has 2 aromatic rings. The number of aliphatic imine (C=N–C) groups is 1. The van der Waals surface area contributed by atoms with Crippen LogP contribution in [0, 0.1) is 6.92 Å². The van der Waals surface area contributed by atoms with Crippen molar-refractivity contribution in [1.82, 2.24) is 25.2 Å². The van der Waals surface area contributed by atoms with Crippen molar-refractivity contribution in [2.75, 3.05) is 13.1 Å². The maximum Gasteiger partial charge on any atom is 0.191 e. The van der Waals surface area contributed by atoms with Gasteiger partial charge in [-0.25, -0.2) is 9.97 Å². The summed E-state index contributed by atoms with van der Waals surface area (Å²) in [5.41, 5.74) is 1.13. The SMILES string of the molecule is Cc1nccn1-c1ccc(CNC2=NCCCN2)cn1.I. The number of nitrogens with zero attached hydrogens (tertiary/aromatic N) is 4. The van der Waals surface area contributed by atoms with Crippen LogP contribution in [0.5, 0.6) is 0 Å². The van der Waals surface area contributed by atoms with Gasteiger partial charge >= 0.3 is 0 Å². The first-order chi connectivity index (χ1) is 9.83. The zero-order valence-corrected chi connectivity index (χ0v) is 14.2. The molecule has 3 heterocycles. The van der Waals surface area contributed by atoms with E-state index in [0.29, 0.717) is 0 Å². The van der Waals surface area contributed by atoms with Crippen LogP contribution in [0.25, 0.3) is 5.82 Å². The van der Waals surface area contributed by atoms with Gasteiger partial charge in [0.05, 0.1) is 0 Å². The van der Waals surface area contributed by atoms with Gasteiger partial charge in [-0.15, -0.1) is 24.0 Å². The third-order valence-corrected chi connectivity index (χ3v) is 3.24. The van der Waals surface area contributed by atoms with E-state index in [2.05, 4.69) is 31.7 Å². The van der Waals surface area contributed by atoms with Crippen molar-refractivity contribution in [2.45, 2.75) is 19.9 Å². The highest BCUT2D eigenvalue weighted by atomic mass is 127. The van der Waals surface area contributed by atoms with Gasteiger partial charge in [-0.2, -0.15) is 0 Å². The summed E-state index contributed by atoms with van der Waals surface area (Å²) < 4.78 is 1.96. The average Bonchev–Trinajstić information content (AvgIpc) is 2.93. The number of imidazole rings is 1. The van der Waals surface area contributed by atoms with Crippen LogP contribution in [0.4, 0.5) is 0 Å². The van der Waals surface area contributed by atoms with Crippen molar-refractivity contribution in [3.8, 4) is 5.82 Å². The molecule has 0 amide bonds. The molecule has 0 saturated heterocycles. The highest BCUT2D eigenvalue weighted by Crippen LogP contribution is 2.08. The Kier molecular flexibility index (Phi) is 5.54. The zero-order valence-electron chi connectivity index (χ0n) is 11.9. The van der Waals surface area contributed by atoms with Crippen LogP contribution in [0.3, 0.4) is 0 Å². The first kappa shape index (κ1) is 15.7. The van der Waals surface area contributed by atoms with Gasteiger partial charge in [-0.1, -0.05) is 6.07 Å². The lowest BCUT2D eigenvalue weighted by Gasteiger charge is -2.16. The minimum Gasteiger partial charge on any atom is -0.356 e. The topological polar surface area (TPSA) is 67.1 Å². The third-order valence-electron chi connectivity index (χ3n) is 3.24. The van der Waals surface area contributed by atoms with E-state index >= 15 is 0 Å². The van der Waals surface area contributed by atoms with Crippen LogP contribution in [0.1, 0.15) is 17.8 Å². The number of guanidine groups is 1. The fourth-order valence-electron chi connectivity index (χ4n) is 2.12. The maximum absolute atomic E-state index is 4.47. The minimum absolute atomic E-state index is 0. The quantitative estimate of drug-likeness (QED) is 0.772. The van der Waals surface area contributed by atoms with Gasteiger partial charge in [0.1, 0.15) is 11.6 Å². The Morgan fingerprint density at radius 1 is 1.33 bits per heavy atom. The standard InChI is InChI=1S/C14H18N6.HI/c1-11-15-7-8-20(11)13-4-3-12(9-18-13)10-19-14-16-5-2-6-17-14;/h3-4,7-9H,2,5-6,10H2,1H3,(H2,16,17,19);1H. The molecule has 0 atom stereocenters. The number of pyridine rings is 1. The molecule has 0 spiro atoms. The first-order valence-corrected chi connectivity index (χ1v) is 6.80. The highest BCUT2D eigenvalue weighted by molar-refractivity contribution is 14.0. The molecule has 0 unspecified atom stereocenters. The molecule has 112 valence electrons. The Labute approximate surface area is 141 Å². The summed E-state index contributed by atoms with van der Waals surface area (Å²) in [4.78, 5) is 13.0.